The van der Waals surface area contributed by atoms with Gasteiger partial charge in [-0.1, -0.05) is 19.8 Å². The van der Waals surface area contributed by atoms with E-state index in [0.717, 1.165) is 35.2 Å². The Morgan fingerprint density at radius 1 is 1.58 bits per heavy atom. The van der Waals surface area contributed by atoms with Crippen molar-refractivity contribution in [3.05, 3.63) is 16.1 Å². The van der Waals surface area contributed by atoms with Crippen molar-refractivity contribution < 1.29 is 4.79 Å². The Labute approximate surface area is 123 Å². The molecular weight excluding hydrogens is 276 g/mol. The van der Waals surface area contributed by atoms with Crippen molar-refractivity contribution in [3.8, 4) is 0 Å². The third-order valence-electron chi connectivity index (χ3n) is 3.45. The fourth-order valence-corrected chi connectivity index (χ4v) is 4.00. The van der Waals surface area contributed by atoms with E-state index in [2.05, 4.69) is 22.6 Å². The van der Waals surface area contributed by atoms with Crippen LogP contribution in [0.1, 0.15) is 43.3 Å². The summed E-state index contributed by atoms with van der Waals surface area (Å²) in [6.45, 7) is 4.29. The van der Waals surface area contributed by atoms with Crippen LogP contribution >= 0.6 is 23.1 Å². The maximum absolute atomic E-state index is 11.9. The van der Waals surface area contributed by atoms with E-state index in [1.165, 1.54) is 12.8 Å². The van der Waals surface area contributed by atoms with Gasteiger partial charge in [0.1, 0.15) is 0 Å². The minimum Gasteiger partial charge on any atom is -0.353 e. The number of carbonyl (C=O) groups is 1. The van der Waals surface area contributed by atoms with Crippen molar-refractivity contribution in [1.29, 1.82) is 0 Å². The standard InChI is InChI=1S/C14H22N2OS2/c1-10-4-3-5-12(6-10)16-14(17)9-18-7-13-8-19-11(2)15-13/h8,10,12H,3-7,9H2,1-2H3,(H,16,17)/t10-,12+/m1/s1. The minimum atomic E-state index is 0.177. The molecule has 0 aromatic carbocycles. The van der Waals surface area contributed by atoms with Crippen LogP contribution in [0.4, 0.5) is 0 Å². The summed E-state index contributed by atoms with van der Waals surface area (Å²) in [5.41, 5.74) is 1.09. The number of nitrogens with zero attached hydrogens (tertiary/aromatic N) is 1. The lowest BCUT2D eigenvalue weighted by atomic mass is 9.87. The molecule has 106 valence electrons. The van der Waals surface area contributed by atoms with Gasteiger partial charge in [-0.25, -0.2) is 4.98 Å². The Balaban J connectivity index is 1.64. The quantitative estimate of drug-likeness (QED) is 0.906. The molecule has 0 bridgehead atoms. The van der Waals surface area contributed by atoms with Gasteiger partial charge in [-0.2, -0.15) is 0 Å². The topological polar surface area (TPSA) is 42.0 Å². The van der Waals surface area contributed by atoms with E-state index in [4.69, 9.17) is 0 Å². The number of thioether (sulfide) groups is 1. The van der Waals surface area contributed by atoms with E-state index >= 15 is 0 Å². The highest BCUT2D eigenvalue weighted by molar-refractivity contribution is 7.99. The first kappa shape index (κ1) is 14.9. The smallest absolute Gasteiger partial charge is 0.230 e. The monoisotopic (exact) mass is 298 g/mol. The molecule has 5 heteroatoms. The van der Waals surface area contributed by atoms with E-state index in [0.29, 0.717) is 11.8 Å². The van der Waals surface area contributed by atoms with Crippen molar-refractivity contribution in [1.82, 2.24) is 10.3 Å². The molecule has 0 aliphatic heterocycles. The maximum atomic E-state index is 11.9. The van der Waals surface area contributed by atoms with Gasteiger partial charge in [-0.3, -0.25) is 4.79 Å². The molecular formula is C14H22N2OS2. The lowest BCUT2D eigenvalue weighted by molar-refractivity contribution is -0.119. The average Bonchev–Trinajstić information content (AvgIpc) is 2.75. The van der Waals surface area contributed by atoms with Crippen molar-refractivity contribution >= 4 is 29.0 Å². The third kappa shape index (κ3) is 5.15. The van der Waals surface area contributed by atoms with Gasteiger partial charge in [0.25, 0.3) is 0 Å². The molecule has 2 atom stereocenters. The molecule has 0 radical (unpaired) electrons. The highest BCUT2D eigenvalue weighted by atomic mass is 32.2. The predicted octanol–water partition coefficient (Wildman–Crippen LogP) is 3.38. The Morgan fingerprint density at radius 2 is 2.42 bits per heavy atom. The molecule has 1 aliphatic carbocycles. The Bertz CT molecular complexity index is 419. The summed E-state index contributed by atoms with van der Waals surface area (Å²) < 4.78 is 0. The Hall–Kier alpha value is -0.550. The summed E-state index contributed by atoms with van der Waals surface area (Å²) in [6, 6.07) is 0.401. The van der Waals surface area contributed by atoms with E-state index in [1.807, 2.05) is 6.92 Å². The number of rotatable bonds is 5. The summed E-state index contributed by atoms with van der Waals surface area (Å²) in [6.07, 6.45) is 4.84. The number of aromatic nitrogens is 1. The molecule has 19 heavy (non-hydrogen) atoms. The summed E-state index contributed by atoms with van der Waals surface area (Å²) >= 11 is 3.32. The number of hydrogen-bond acceptors (Lipinski definition) is 4. The van der Waals surface area contributed by atoms with Crippen molar-refractivity contribution in [3.63, 3.8) is 0 Å². The molecule has 0 unspecified atom stereocenters. The molecule has 0 saturated heterocycles. The van der Waals surface area contributed by atoms with E-state index in [-0.39, 0.29) is 5.91 Å². The van der Waals surface area contributed by atoms with Gasteiger partial charge in [-0.15, -0.1) is 23.1 Å². The highest BCUT2D eigenvalue weighted by Crippen LogP contribution is 2.23. The number of amides is 1. The summed E-state index contributed by atoms with van der Waals surface area (Å²) in [4.78, 5) is 16.3. The lowest BCUT2D eigenvalue weighted by Gasteiger charge is -2.27. The molecule has 1 fully saturated rings. The maximum Gasteiger partial charge on any atom is 0.230 e. The van der Waals surface area contributed by atoms with Gasteiger partial charge in [0, 0.05) is 17.2 Å². The molecule has 1 aromatic heterocycles. The molecule has 0 spiro atoms. The molecule has 1 aliphatic rings. The van der Waals surface area contributed by atoms with E-state index < -0.39 is 0 Å². The van der Waals surface area contributed by atoms with Gasteiger partial charge in [0.15, 0.2) is 0 Å². The van der Waals surface area contributed by atoms with Gasteiger partial charge in [0.05, 0.1) is 16.5 Å². The van der Waals surface area contributed by atoms with Gasteiger partial charge in [0.2, 0.25) is 5.91 Å². The van der Waals surface area contributed by atoms with Crippen LogP contribution in [-0.4, -0.2) is 22.7 Å². The molecule has 1 amide bonds. The first-order chi connectivity index (χ1) is 9.13. The zero-order chi connectivity index (χ0) is 13.7. The van der Waals surface area contributed by atoms with Gasteiger partial charge in [-0.05, 0) is 25.7 Å². The second-order valence-electron chi connectivity index (χ2n) is 5.39. The SMILES string of the molecule is Cc1nc(CSCC(=O)N[C@H]2CCC[C@@H](C)C2)cs1. The summed E-state index contributed by atoms with van der Waals surface area (Å²) in [5, 5.41) is 6.33. The van der Waals surface area contributed by atoms with E-state index in [9.17, 15) is 4.79 Å². The Kier molecular flexibility index (Phi) is 5.70. The van der Waals surface area contributed by atoms with Gasteiger partial charge < -0.3 is 5.32 Å². The predicted molar refractivity (Wildman–Crippen MR) is 82.6 cm³/mol. The number of hydrogen-bond donors (Lipinski definition) is 1. The van der Waals surface area contributed by atoms with Crippen LogP contribution in [0.3, 0.4) is 0 Å². The van der Waals surface area contributed by atoms with Crippen LogP contribution in [0.25, 0.3) is 0 Å². The van der Waals surface area contributed by atoms with Crippen LogP contribution in [0.5, 0.6) is 0 Å². The zero-order valence-electron chi connectivity index (χ0n) is 11.6. The summed E-state index contributed by atoms with van der Waals surface area (Å²) in [5.74, 6) is 2.31. The fourth-order valence-electron chi connectivity index (χ4n) is 2.56. The van der Waals surface area contributed by atoms with Crippen LogP contribution in [-0.2, 0) is 10.5 Å². The lowest BCUT2D eigenvalue weighted by Crippen LogP contribution is -2.38. The molecule has 1 aromatic rings. The minimum absolute atomic E-state index is 0.177. The second-order valence-corrected chi connectivity index (χ2v) is 7.43. The highest BCUT2D eigenvalue weighted by Gasteiger charge is 2.20. The average molecular weight is 298 g/mol. The molecule has 1 heterocycles. The number of thiazole rings is 1. The molecule has 2 rings (SSSR count). The van der Waals surface area contributed by atoms with E-state index in [1.54, 1.807) is 23.1 Å². The fraction of sp³-hybridized carbons (Fsp3) is 0.714. The molecule has 3 nitrogen and oxygen atoms in total. The molecule has 1 saturated carbocycles. The van der Waals surface area contributed by atoms with Crippen LogP contribution < -0.4 is 5.32 Å². The number of nitrogens with one attached hydrogen (secondary N) is 1. The van der Waals surface area contributed by atoms with Crippen molar-refractivity contribution in [2.75, 3.05) is 5.75 Å². The van der Waals surface area contributed by atoms with Crippen LogP contribution in [0.2, 0.25) is 0 Å². The second kappa shape index (κ2) is 7.29. The first-order valence-electron chi connectivity index (χ1n) is 6.91. The first-order valence-corrected chi connectivity index (χ1v) is 8.95. The normalized spacial score (nSPS) is 23.3. The Morgan fingerprint density at radius 3 is 3.11 bits per heavy atom. The van der Waals surface area contributed by atoms with Gasteiger partial charge >= 0.3 is 0 Å². The van der Waals surface area contributed by atoms with Crippen LogP contribution in [0.15, 0.2) is 5.38 Å². The number of carbonyl (C=O) groups excluding carboxylic acids is 1. The zero-order valence-corrected chi connectivity index (χ0v) is 13.3. The molecule has 1 N–H and O–H groups in total. The largest absolute Gasteiger partial charge is 0.353 e. The number of aryl methyl sites for hydroxylation is 1. The van der Waals surface area contributed by atoms with Crippen molar-refractivity contribution in [2.45, 2.75) is 51.3 Å². The van der Waals surface area contributed by atoms with Crippen LogP contribution in [0, 0.1) is 12.8 Å². The third-order valence-corrected chi connectivity index (χ3v) is 5.24. The summed E-state index contributed by atoms with van der Waals surface area (Å²) in [7, 11) is 0. The van der Waals surface area contributed by atoms with Crippen molar-refractivity contribution in [2.24, 2.45) is 5.92 Å².